The number of benzene rings is 1. The van der Waals surface area contributed by atoms with Crippen molar-refractivity contribution in [2.24, 2.45) is 0 Å². The average molecular weight is 198 g/mol. The maximum atomic E-state index is 4.61. The predicted octanol–water partition coefficient (Wildman–Crippen LogP) is 0.255. The van der Waals surface area contributed by atoms with Gasteiger partial charge in [0.25, 0.3) is 0 Å². The van der Waals surface area contributed by atoms with Crippen LogP contribution in [0.1, 0.15) is 5.69 Å². The highest BCUT2D eigenvalue weighted by Gasteiger charge is 1.98. The molecule has 0 aliphatic heterocycles. The molecule has 0 aliphatic carbocycles. The summed E-state index contributed by atoms with van der Waals surface area (Å²) in [6, 6.07) is 10.6. The molecule has 0 fully saturated rings. The molecule has 1 N–H and O–H groups in total. The molecule has 0 aliphatic rings. The molecule has 0 saturated heterocycles. The summed E-state index contributed by atoms with van der Waals surface area (Å²) in [5, 5.41) is 4.36. The summed E-state index contributed by atoms with van der Waals surface area (Å²) in [4.78, 5) is 4.61. The number of nitrogens with one attached hydrogen (secondary N) is 1. The molecule has 3 heteroatoms. The molecular formula is C12H15BN2. The van der Waals surface area contributed by atoms with E-state index < -0.39 is 0 Å². The Morgan fingerprint density at radius 2 is 2.13 bits per heavy atom. The number of aromatic nitrogens is 1. The molecule has 15 heavy (non-hydrogen) atoms. The average Bonchev–Trinajstić information content (AvgIpc) is 2.26. The van der Waals surface area contributed by atoms with Crippen molar-refractivity contribution in [1.82, 2.24) is 10.3 Å². The Labute approximate surface area is 91.1 Å². The minimum absolute atomic E-state index is 0.977. The number of fused-ring (bicyclic) bond motifs is 1. The van der Waals surface area contributed by atoms with E-state index in [4.69, 9.17) is 0 Å². The minimum Gasteiger partial charge on any atom is -0.319 e. The quantitative estimate of drug-likeness (QED) is 0.715. The van der Waals surface area contributed by atoms with Crippen molar-refractivity contribution in [3.8, 4) is 0 Å². The fraction of sp³-hybridized carbons (Fsp3) is 0.250. The van der Waals surface area contributed by atoms with Crippen molar-refractivity contribution < 1.29 is 0 Å². The van der Waals surface area contributed by atoms with Gasteiger partial charge in [0.15, 0.2) is 0 Å². The van der Waals surface area contributed by atoms with Gasteiger partial charge in [-0.2, -0.15) is 0 Å². The van der Waals surface area contributed by atoms with E-state index in [2.05, 4.69) is 48.5 Å². The number of rotatable bonds is 3. The molecule has 2 aromatic rings. The van der Waals surface area contributed by atoms with Gasteiger partial charge in [-0.15, -0.1) is 0 Å². The van der Waals surface area contributed by atoms with E-state index in [1.54, 1.807) is 0 Å². The van der Waals surface area contributed by atoms with Crippen molar-refractivity contribution in [1.29, 1.82) is 0 Å². The van der Waals surface area contributed by atoms with E-state index in [9.17, 15) is 0 Å². The van der Waals surface area contributed by atoms with E-state index >= 15 is 0 Å². The normalized spacial score (nSPS) is 10.7. The van der Waals surface area contributed by atoms with Crippen molar-refractivity contribution in [3.63, 3.8) is 0 Å². The first-order valence-corrected chi connectivity index (χ1v) is 5.30. The van der Waals surface area contributed by atoms with Crippen LogP contribution in [0.15, 0.2) is 30.3 Å². The lowest BCUT2D eigenvalue weighted by atomic mass is 9.95. The van der Waals surface area contributed by atoms with Crippen LogP contribution in [-0.4, -0.2) is 26.4 Å². The first-order chi connectivity index (χ1) is 7.29. The molecule has 76 valence electrons. The first-order valence-electron chi connectivity index (χ1n) is 5.30. The molecule has 0 amide bonds. The van der Waals surface area contributed by atoms with Gasteiger partial charge in [-0.1, -0.05) is 23.7 Å². The standard InChI is InChI=1S/C12H15BN2/c1-14-7-6-11-4-2-9-8-10(13)3-5-12(9)15-11/h2-5,8,14H,6-7,13H2,1H3. The monoisotopic (exact) mass is 198 g/mol. The number of pyridine rings is 1. The molecule has 1 aromatic carbocycles. The van der Waals surface area contributed by atoms with E-state index in [1.807, 2.05) is 7.05 Å². The Morgan fingerprint density at radius 1 is 1.27 bits per heavy atom. The van der Waals surface area contributed by atoms with Crippen molar-refractivity contribution in [2.75, 3.05) is 13.6 Å². The molecule has 1 heterocycles. The number of likely N-dealkylation sites (N-methyl/N-ethyl adjacent to an activating group) is 1. The van der Waals surface area contributed by atoms with Crippen molar-refractivity contribution in [2.45, 2.75) is 6.42 Å². The first kappa shape index (κ1) is 10.2. The Bertz CT molecular complexity index is 468. The number of hydrogen-bond donors (Lipinski definition) is 1. The molecule has 0 spiro atoms. The van der Waals surface area contributed by atoms with E-state index in [-0.39, 0.29) is 0 Å². The Kier molecular flexibility index (Phi) is 3.02. The number of nitrogens with zero attached hydrogens (tertiary/aromatic N) is 1. The summed E-state index contributed by atoms with van der Waals surface area (Å²) in [5.41, 5.74) is 3.53. The zero-order valence-corrected chi connectivity index (χ0v) is 9.25. The molecule has 0 atom stereocenters. The fourth-order valence-electron chi connectivity index (χ4n) is 1.68. The minimum atomic E-state index is 0.977. The van der Waals surface area contributed by atoms with Crippen LogP contribution in [0.5, 0.6) is 0 Å². The maximum absolute atomic E-state index is 4.61. The molecule has 0 bridgehead atoms. The summed E-state index contributed by atoms with van der Waals surface area (Å²) in [7, 11) is 4.07. The second kappa shape index (κ2) is 4.45. The topological polar surface area (TPSA) is 24.9 Å². The smallest absolute Gasteiger partial charge is 0.139 e. The molecule has 0 radical (unpaired) electrons. The van der Waals surface area contributed by atoms with Crippen molar-refractivity contribution >= 4 is 24.2 Å². The Balaban J connectivity index is 2.34. The van der Waals surface area contributed by atoms with Gasteiger partial charge in [0.05, 0.1) is 5.52 Å². The SMILES string of the molecule is Bc1ccc2nc(CCNC)ccc2c1. The van der Waals surface area contributed by atoms with Crippen LogP contribution < -0.4 is 10.8 Å². The second-order valence-corrected chi connectivity index (χ2v) is 3.85. The molecule has 1 aromatic heterocycles. The summed E-state index contributed by atoms with van der Waals surface area (Å²) in [6.07, 6.45) is 0.986. The lowest BCUT2D eigenvalue weighted by Gasteiger charge is -2.03. The summed E-state index contributed by atoms with van der Waals surface area (Å²) < 4.78 is 0. The highest BCUT2D eigenvalue weighted by molar-refractivity contribution is 6.33. The van der Waals surface area contributed by atoms with Crippen LogP contribution in [0.4, 0.5) is 0 Å². The summed E-state index contributed by atoms with van der Waals surface area (Å²) in [6.45, 7) is 0.977. The van der Waals surface area contributed by atoms with Gasteiger partial charge in [-0.05, 0) is 24.6 Å². The third-order valence-electron chi connectivity index (χ3n) is 2.53. The van der Waals surface area contributed by atoms with E-state index in [0.717, 1.165) is 24.2 Å². The lowest BCUT2D eigenvalue weighted by molar-refractivity contribution is 0.779. The molecule has 0 saturated carbocycles. The van der Waals surface area contributed by atoms with Gasteiger partial charge < -0.3 is 5.32 Å². The van der Waals surface area contributed by atoms with Crippen LogP contribution in [0, 0.1) is 0 Å². The van der Waals surface area contributed by atoms with Crippen molar-refractivity contribution in [3.05, 3.63) is 36.0 Å². The highest BCUT2D eigenvalue weighted by atomic mass is 14.8. The van der Waals surface area contributed by atoms with Crippen LogP contribution in [0.2, 0.25) is 0 Å². The van der Waals surface area contributed by atoms with Gasteiger partial charge in [0, 0.05) is 18.7 Å². The van der Waals surface area contributed by atoms with Crippen LogP contribution >= 0.6 is 0 Å². The van der Waals surface area contributed by atoms with Gasteiger partial charge in [-0.3, -0.25) is 4.98 Å². The third kappa shape index (κ3) is 2.36. The fourth-order valence-corrected chi connectivity index (χ4v) is 1.68. The molecule has 0 unspecified atom stereocenters. The van der Waals surface area contributed by atoms with Crippen LogP contribution in [0.3, 0.4) is 0 Å². The van der Waals surface area contributed by atoms with Crippen LogP contribution in [0.25, 0.3) is 10.9 Å². The highest BCUT2D eigenvalue weighted by Crippen LogP contribution is 2.10. The van der Waals surface area contributed by atoms with Gasteiger partial charge in [-0.25, -0.2) is 0 Å². The molecule has 2 nitrogen and oxygen atoms in total. The van der Waals surface area contributed by atoms with Gasteiger partial charge in [0.1, 0.15) is 7.85 Å². The third-order valence-corrected chi connectivity index (χ3v) is 2.53. The number of hydrogen-bond acceptors (Lipinski definition) is 2. The zero-order chi connectivity index (χ0) is 10.7. The largest absolute Gasteiger partial charge is 0.319 e. The summed E-state index contributed by atoms with van der Waals surface area (Å²) in [5.74, 6) is 0. The van der Waals surface area contributed by atoms with E-state index in [1.165, 1.54) is 10.8 Å². The van der Waals surface area contributed by atoms with E-state index in [0.29, 0.717) is 0 Å². The Hall–Kier alpha value is -1.35. The lowest BCUT2D eigenvalue weighted by Crippen LogP contribution is -2.11. The predicted molar refractivity (Wildman–Crippen MR) is 67.6 cm³/mol. The maximum Gasteiger partial charge on any atom is 0.139 e. The van der Waals surface area contributed by atoms with Gasteiger partial charge >= 0.3 is 0 Å². The zero-order valence-electron chi connectivity index (χ0n) is 9.25. The molecular weight excluding hydrogens is 183 g/mol. The van der Waals surface area contributed by atoms with Gasteiger partial charge in [0.2, 0.25) is 0 Å². The Morgan fingerprint density at radius 3 is 2.93 bits per heavy atom. The van der Waals surface area contributed by atoms with Crippen LogP contribution in [-0.2, 0) is 6.42 Å². The summed E-state index contributed by atoms with van der Waals surface area (Å²) >= 11 is 0. The molecule has 2 rings (SSSR count). The second-order valence-electron chi connectivity index (χ2n) is 3.85.